The van der Waals surface area contributed by atoms with Gasteiger partial charge in [-0.3, -0.25) is 9.10 Å². The Morgan fingerprint density at radius 2 is 2.00 bits per heavy atom. The monoisotopic (exact) mass is 383 g/mol. The molecule has 0 radical (unpaired) electrons. The van der Waals surface area contributed by atoms with E-state index in [-0.39, 0.29) is 17.8 Å². The van der Waals surface area contributed by atoms with Gasteiger partial charge in [0.05, 0.1) is 17.6 Å². The van der Waals surface area contributed by atoms with Crippen LogP contribution in [0.5, 0.6) is 5.88 Å². The van der Waals surface area contributed by atoms with Gasteiger partial charge in [-0.15, -0.1) is 0 Å². The van der Waals surface area contributed by atoms with Crippen LogP contribution in [0.2, 0.25) is 0 Å². The molecular formula is C18H29N3O4S. The van der Waals surface area contributed by atoms with Crippen molar-refractivity contribution in [3.05, 3.63) is 18.3 Å². The largest absolute Gasteiger partial charge is 0.474 e. The van der Waals surface area contributed by atoms with Crippen LogP contribution in [0.3, 0.4) is 0 Å². The summed E-state index contributed by atoms with van der Waals surface area (Å²) in [6.07, 6.45) is 3.66. The van der Waals surface area contributed by atoms with Gasteiger partial charge in [-0.05, 0) is 18.9 Å². The van der Waals surface area contributed by atoms with Gasteiger partial charge in [-0.1, -0.05) is 13.8 Å². The van der Waals surface area contributed by atoms with Gasteiger partial charge >= 0.3 is 0 Å². The van der Waals surface area contributed by atoms with Crippen molar-refractivity contribution in [3.8, 4) is 5.88 Å². The average molecular weight is 384 g/mol. The van der Waals surface area contributed by atoms with Gasteiger partial charge in [-0.25, -0.2) is 13.4 Å². The number of carbonyl (C=O) groups is 1. The smallest absolute Gasteiger partial charge is 0.234 e. The van der Waals surface area contributed by atoms with Crippen molar-refractivity contribution in [2.24, 2.45) is 5.92 Å². The van der Waals surface area contributed by atoms with Crippen LogP contribution in [0.25, 0.3) is 0 Å². The number of hydrogen-bond acceptors (Lipinski definition) is 5. The number of nitrogens with zero attached hydrogens (tertiary/aromatic N) is 3. The summed E-state index contributed by atoms with van der Waals surface area (Å²) in [5.74, 6) is 1.09. The van der Waals surface area contributed by atoms with Crippen molar-refractivity contribution < 1.29 is 17.9 Å². The second-order valence-corrected chi connectivity index (χ2v) is 9.31. The number of ether oxygens (including phenoxy) is 1. The fourth-order valence-corrected chi connectivity index (χ4v) is 3.67. The number of hydrogen-bond donors (Lipinski definition) is 0. The van der Waals surface area contributed by atoms with Crippen LogP contribution in [-0.4, -0.2) is 56.2 Å². The Kier molecular flexibility index (Phi) is 6.86. The second kappa shape index (κ2) is 8.70. The number of likely N-dealkylation sites (tertiary alicyclic amines) is 1. The molecule has 1 aromatic heterocycles. The molecule has 7 nitrogen and oxygen atoms in total. The van der Waals surface area contributed by atoms with Crippen molar-refractivity contribution in [1.29, 1.82) is 0 Å². The summed E-state index contributed by atoms with van der Waals surface area (Å²) in [7, 11) is -1.79. The predicted molar refractivity (Wildman–Crippen MR) is 102 cm³/mol. The molecule has 8 heteroatoms. The van der Waals surface area contributed by atoms with Gasteiger partial charge in [0.1, 0.15) is 6.10 Å². The van der Waals surface area contributed by atoms with E-state index in [1.807, 2.05) is 18.7 Å². The van der Waals surface area contributed by atoms with Crippen molar-refractivity contribution in [3.63, 3.8) is 0 Å². The molecular weight excluding hydrogens is 354 g/mol. The maximum atomic E-state index is 12.1. The molecule has 0 bridgehead atoms. The molecule has 1 aromatic rings. The Labute approximate surface area is 156 Å². The van der Waals surface area contributed by atoms with Crippen LogP contribution in [0, 0.1) is 5.92 Å². The Bertz CT molecular complexity index is 696. The third-order valence-electron chi connectivity index (χ3n) is 4.53. The summed E-state index contributed by atoms with van der Waals surface area (Å²) >= 11 is 0. The number of rotatable bonds is 7. The lowest BCUT2D eigenvalue weighted by atomic mass is 10.1. The van der Waals surface area contributed by atoms with E-state index in [2.05, 4.69) is 4.98 Å². The number of aromatic nitrogens is 1. The lowest BCUT2D eigenvalue weighted by molar-refractivity contribution is -0.133. The van der Waals surface area contributed by atoms with Crippen LogP contribution < -0.4 is 9.04 Å². The first-order valence-corrected chi connectivity index (χ1v) is 10.7. The number of carbonyl (C=O) groups excluding carboxylic acids is 1. The molecule has 146 valence electrons. The summed E-state index contributed by atoms with van der Waals surface area (Å²) in [4.78, 5) is 18.2. The minimum atomic E-state index is -3.30. The fraction of sp³-hybridized carbons (Fsp3) is 0.667. The number of piperidine rings is 1. The molecule has 1 saturated heterocycles. The third kappa shape index (κ3) is 5.33. The minimum Gasteiger partial charge on any atom is -0.474 e. The van der Waals surface area contributed by atoms with Crippen LogP contribution in [0.15, 0.2) is 18.3 Å². The highest BCUT2D eigenvalue weighted by Gasteiger charge is 2.24. The van der Waals surface area contributed by atoms with Crippen LogP contribution in [0.1, 0.15) is 40.0 Å². The quantitative estimate of drug-likeness (QED) is 0.722. The van der Waals surface area contributed by atoms with E-state index in [9.17, 15) is 13.2 Å². The van der Waals surface area contributed by atoms with Gasteiger partial charge in [0.15, 0.2) is 0 Å². The van der Waals surface area contributed by atoms with Gasteiger partial charge < -0.3 is 9.64 Å². The summed E-state index contributed by atoms with van der Waals surface area (Å²) in [6, 6.07) is 3.38. The first kappa shape index (κ1) is 20.5. The maximum absolute atomic E-state index is 12.1. The van der Waals surface area contributed by atoms with Crippen LogP contribution >= 0.6 is 0 Å². The van der Waals surface area contributed by atoms with E-state index in [0.29, 0.717) is 37.0 Å². The van der Waals surface area contributed by atoms with Crippen molar-refractivity contribution in [2.45, 2.75) is 46.1 Å². The number of sulfonamides is 1. The van der Waals surface area contributed by atoms with E-state index >= 15 is 0 Å². The molecule has 0 aromatic carbocycles. The third-order valence-corrected chi connectivity index (χ3v) is 6.31. The van der Waals surface area contributed by atoms with E-state index in [1.165, 1.54) is 17.5 Å². The zero-order valence-electron chi connectivity index (χ0n) is 16.0. The topological polar surface area (TPSA) is 79.8 Å². The normalized spacial score (nSPS) is 16.0. The molecule has 0 atom stereocenters. The molecule has 0 spiro atoms. The molecule has 1 amide bonds. The lowest BCUT2D eigenvalue weighted by Gasteiger charge is -2.32. The zero-order chi connectivity index (χ0) is 19.3. The second-order valence-electron chi connectivity index (χ2n) is 7.02. The number of pyridine rings is 1. The van der Waals surface area contributed by atoms with E-state index in [4.69, 9.17) is 4.74 Å². The SMILES string of the molecule is CCS(=O)(=O)N(C)c1ccc(OC2CCN(C(=O)CC(C)C)CC2)nc1. The van der Waals surface area contributed by atoms with Crippen LogP contribution in [-0.2, 0) is 14.8 Å². The molecule has 0 N–H and O–H groups in total. The van der Waals surface area contributed by atoms with Gasteiger partial charge in [0.2, 0.25) is 21.8 Å². The van der Waals surface area contributed by atoms with Crippen molar-refractivity contribution in [2.75, 3.05) is 30.2 Å². The Morgan fingerprint density at radius 3 is 2.50 bits per heavy atom. The summed E-state index contributed by atoms with van der Waals surface area (Å²) < 4.78 is 30.9. The highest BCUT2D eigenvalue weighted by Crippen LogP contribution is 2.22. The van der Waals surface area contributed by atoms with Crippen LogP contribution in [0.4, 0.5) is 5.69 Å². The summed E-state index contributed by atoms with van der Waals surface area (Å²) in [5, 5.41) is 0. The zero-order valence-corrected chi connectivity index (χ0v) is 16.8. The lowest BCUT2D eigenvalue weighted by Crippen LogP contribution is -2.42. The molecule has 26 heavy (non-hydrogen) atoms. The maximum Gasteiger partial charge on any atom is 0.234 e. The molecule has 1 fully saturated rings. The van der Waals surface area contributed by atoms with E-state index < -0.39 is 10.0 Å². The predicted octanol–water partition coefficient (Wildman–Crippen LogP) is 2.28. The number of amides is 1. The highest BCUT2D eigenvalue weighted by atomic mass is 32.2. The number of anilines is 1. The molecule has 0 saturated carbocycles. The Hall–Kier alpha value is -1.83. The van der Waals surface area contributed by atoms with Gasteiger partial charge in [-0.2, -0.15) is 0 Å². The summed E-state index contributed by atoms with van der Waals surface area (Å²) in [5.41, 5.74) is 0.508. The molecule has 0 aliphatic carbocycles. The first-order valence-electron chi connectivity index (χ1n) is 9.10. The minimum absolute atomic E-state index is 0.0218. The first-order chi connectivity index (χ1) is 12.2. The van der Waals surface area contributed by atoms with Crippen molar-refractivity contribution in [1.82, 2.24) is 9.88 Å². The molecule has 1 aliphatic rings. The van der Waals surface area contributed by atoms with E-state index in [0.717, 1.165) is 12.8 Å². The summed E-state index contributed by atoms with van der Waals surface area (Å²) in [6.45, 7) is 7.10. The average Bonchev–Trinajstić information content (AvgIpc) is 2.61. The van der Waals surface area contributed by atoms with Gasteiger partial charge in [0.25, 0.3) is 0 Å². The molecule has 2 heterocycles. The molecule has 2 rings (SSSR count). The highest BCUT2D eigenvalue weighted by molar-refractivity contribution is 7.92. The Balaban J connectivity index is 1.88. The van der Waals surface area contributed by atoms with Crippen molar-refractivity contribution >= 4 is 21.6 Å². The molecule has 0 unspecified atom stereocenters. The van der Waals surface area contributed by atoms with E-state index in [1.54, 1.807) is 19.1 Å². The molecule has 1 aliphatic heterocycles. The Morgan fingerprint density at radius 1 is 1.35 bits per heavy atom. The standard InChI is InChI=1S/C18H29N3O4S/c1-5-26(23,24)20(4)15-6-7-17(19-13-15)25-16-8-10-21(11-9-16)18(22)12-14(2)3/h6-7,13-14,16H,5,8-12H2,1-4H3. The fourth-order valence-electron chi connectivity index (χ4n) is 2.85. The van der Waals surface area contributed by atoms with Gasteiger partial charge in [0, 0.05) is 45.5 Å².